The molecule has 1 aromatic carbocycles. The SMILES string of the molecule is O=C(CCN1CCN(c2ccccc2)CC1)NCCN1CCOCC1. The summed E-state index contributed by atoms with van der Waals surface area (Å²) in [4.78, 5) is 19.2. The molecule has 2 heterocycles. The molecule has 2 fully saturated rings. The summed E-state index contributed by atoms with van der Waals surface area (Å²) < 4.78 is 5.33. The van der Waals surface area contributed by atoms with Crippen molar-refractivity contribution < 1.29 is 9.53 Å². The average molecular weight is 346 g/mol. The molecule has 0 atom stereocenters. The highest BCUT2D eigenvalue weighted by molar-refractivity contribution is 5.76. The third kappa shape index (κ3) is 5.99. The number of para-hydroxylation sites is 1. The van der Waals surface area contributed by atoms with Gasteiger partial charge in [0.05, 0.1) is 13.2 Å². The monoisotopic (exact) mass is 346 g/mol. The Balaban J connectivity index is 1.27. The minimum Gasteiger partial charge on any atom is -0.379 e. The van der Waals surface area contributed by atoms with E-state index >= 15 is 0 Å². The summed E-state index contributed by atoms with van der Waals surface area (Å²) in [5.41, 5.74) is 1.29. The first-order chi connectivity index (χ1) is 12.3. The molecule has 2 saturated heterocycles. The molecule has 138 valence electrons. The second kappa shape index (κ2) is 9.75. The fraction of sp³-hybridized carbons (Fsp3) is 0.632. The fourth-order valence-electron chi connectivity index (χ4n) is 3.39. The quantitative estimate of drug-likeness (QED) is 0.785. The second-order valence-electron chi connectivity index (χ2n) is 6.72. The van der Waals surface area contributed by atoms with Crippen LogP contribution in [0.2, 0.25) is 0 Å². The van der Waals surface area contributed by atoms with E-state index in [2.05, 4.69) is 50.3 Å². The number of ether oxygens (including phenoxy) is 1. The molecule has 3 rings (SSSR count). The second-order valence-corrected chi connectivity index (χ2v) is 6.72. The molecule has 0 bridgehead atoms. The van der Waals surface area contributed by atoms with Crippen molar-refractivity contribution in [3.63, 3.8) is 0 Å². The summed E-state index contributed by atoms with van der Waals surface area (Å²) in [6.07, 6.45) is 0.592. The normalized spacial score (nSPS) is 19.8. The highest BCUT2D eigenvalue weighted by atomic mass is 16.5. The van der Waals surface area contributed by atoms with Crippen LogP contribution in [-0.2, 0) is 9.53 Å². The molecule has 0 spiro atoms. The van der Waals surface area contributed by atoms with Gasteiger partial charge in [-0.3, -0.25) is 14.6 Å². The van der Waals surface area contributed by atoms with Gasteiger partial charge >= 0.3 is 0 Å². The van der Waals surface area contributed by atoms with Crippen LogP contribution in [0.1, 0.15) is 6.42 Å². The summed E-state index contributed by atoms with van der Waals surface area (Å²) in [5, 5.41) is 3.05. The lowest BCUT2D eigenvalue weighted by molar-refractivity contribution is -0.121. The lowest BCUT2D eigenvalue weighted by Crippen LogP contribution is -2.47. The van der Waals surface area contributed by atoms with Gasteiger partial charge in [-0.05, 0) is 12.1 Å². The topological polar surface area (TPSA) is 48.1 Å². The number of carbonyl (C=O) groups is 1. The number of anilines is 1. The summed E-state index contributed by atoms with van der Waals surface area (Å²) in [6, 6.07) is 10.6. The molecule has 1 aromatic rings. The Labute approximate surface area is 150 Å². The number of morpholine rings is 1. The summed E-state index contributed by atoms with van der Waals surface area (Å²) >= 11 is 0. The Kier molecular flexibility index (Phi) is 7.09. The number of nitrogens with one attached hydrogen (secondary N) is 1. The fourth-order valence-corrected chi connectivity index (χ4v) is 3.39. The predicted octanol–water partition coefficient (Wildman–Crippen LogP) is 0.647. The molecule has 2 aliphatic heterocycles. The maximum absolute atomic E-state index is 12.0. The zero-order valence-electron chi connectivity index (χ0n) is 15.0. The average Bonchev–Trinajstić information content (AvgIpc) is 2.68. The molecule has 0 aromatic heterocycles. The van der Waals surface area contributed by atoms with E-state index in [0.717, 1.165) is 72.1 Å². The third-order valence-electron chi connectivity index (χ3n) is 5.00. The van der Waals surface area contributed by atoms with E-state index in [1.54, 1.807) is 0 Å². The first kappa shape index (κ1) is 18.2. The minimum absolute atomic E-state index is 0.166. The van der Waals surface area contributed by atoms with Gasteiger partial charge in [0.2, 0.25) is 5.91 Å². The Morgan fingerprint density at radius 2 is 1.60 bits per heavy atom. The van der Waals surface area contributed by atoms with Crippen LogP contribution in [-0.4, -0.2) is 87.8 Å². The van der Waals surface area contributed by atoms with E-state index in [-0.39, 0.29) is 5.91 Å². The molecule has 0 unspecified atom stereocenters. The van der Waals surface area contributed by atoms with Gasteiger partial charge in [0, 0.05) is 71.0 Å². The number of nitrogens with zero attached hydrogens (tertiary/aromatic N) is 3. The molecule has 2 aliphatic rings. The van der Waals surface area contributed by atoms with E-state index in [1.165, 1.54) is 5.69 Å². The minimum atomic E-state index is 0.166. The van der Waals surface area contributed by atoms with Crippen molar-refractivity contribution >= 4 is 11.6 Å². The first-order valence-corrected chi connectivity index (χ1v) is 9.40. The Morgan fingerprint density at radius 3 is 2.32 bits per heavy atom. The standard InChI is InChI=1S/C19H30N4O2/c24-19(20-7-9-22-14-16-25-17-15-22)6-8-21-10-12-23(13-11-21)18-4-2-1-3-5-18/h1-5H,6-17H2,(H,20,24). The van der Waals surface area contributed by atoms with Crippen molar-refractivity contribution in [2.45, 2.75) is 6.42 Å². The van der Waals surface area contributed by atoms with Crippen LogP contribution >= 0.6 is 0 Å². The van der Waals surface area contributed by atoms with Gasteiger partial charge in [-0.15, -0.1) is 0 Å². The van der Waals surface area contributed by atoms with Gasteiger partial charge in [-0.2, -0.15) is 0 Å². The van der Waals surface area contributed by atoms with Gasteiger partial charge < -0.3 is 15.0 Å². The van der Waals surface area contributed by atoms with Crippen molar-refractivity contribution in [1.29, 1.82) is 0 Å². The Bertz CT molecular complexity index is 511. The summed E-state index contributed by atoms with van der Waals surface area (Å²) in [7, 11) is 0. The third-order valence-corrected chi connectivity index (χ3v) is 5.00. The Hall–Kier alpha value is -1.63. The van der Waals surface area contributed by atoms with Crippen LogP contribution < -0.4 is 10.2 Å². The number of rotatable bonds is 7. The lowest BCUT2D eigenvalue weighted by atomic mass is 10.2. The van der Waals surface area contributed by atoms with Crippen LogP contribution in [0.15, 0.2) is 30.3 Å². The van der Waals surface area contributed by atoms with Gasteiger partial charge in [0.15, 0.2) is 0 Å². The van der Waals surface area contributed by atoms with E-state index < -0.39 is 0 Å². The molecular formula is C19H30N4O2. The molecule has 0 radical (unpaired) electrons. The van der Waals surface area contributed by atoms with Gasteiger partial charge in [0.1, 0.15) is 0 Å². The van der Waals surface area contributed by atoms with Crippen LogP contribution in [0.5, 0.6) is 0 Å². The highest BCUT2D eigenvalue weighted by Gasteiger charge is 2.17. The van der Waals surface area contributed by atoms with Gasteiger partial charge in [-0.25, -0.2) is 0 Å². The maximum Gasteiger partial charge on any atom is 0.221 e. The van der Waals surface area contributed by atoms with Crippen LogP contribution in [0, 0.1) is 0 Å². The molecule has 0 aliphatic carbocycles. The number of piperazine rings is 1. The molecule has 1 amide bonds. The smallest absolute Gasteiger partial charge is 0.221 e. The number of hydrogen-bond donors (Lipinski definition) is 1. The van der Waals surface area contributed by atoms with Crippen molar-refractivity contribution in [3.05, 3.63) is 30.3 Å². The predicted molar refractivity (Wildman–Crippen MR) is 100.0 cm³/mol. The number of carbonyl (C=O) groups excluding carboxylic acids is 1. The van der Waals surface area contributed by atoms with E-state index in [9.17, 15) is 4.79 Å². The van der Waals surface area contributed by atoms with Gasteiger partial charge in [-0.1, -0.05) is 18.2 Å². The van der Waals surface area contributed by atoms with Crippen LogP contribution in [0.4, 0.5) is 5.69 Å². The van der Waals surface area contributed by atoms with Crippen LogP contribution in [0.3, 0.4) is 0 Å². The summed E-state index contributed by atoms with van der Waals surface area (Å²) in [5.74, 6) is 0.166. The molecule has 6 heteroatoms. The van der Waals surface area contributed by atoms with Crippen molar-refractivity contribution in [3.8, 4) is 0 Å². The number of hydrogen-bond acceptors (Lipinski definition) is 5. The number of benzene rings is 1. The maximum atomic E-state index is 12.0. The highest BCUT2D eigenvalue weighted by Crippen LogP contribution is 2.15. The van der Waals surface area contributed by atoms with Crippen molar-refractivity contribution in [1.82, 2.24) is 15.1 Å². The summed E-state index contributed by atoms with van der Waals surface area (Å²) in [6.45, 7) is 10.2. The van der Waals surface area contributed by atoms with Crippen molar-refractivity contribution in [2.24, 2.45) is 0 Å². The zero-order valence-corrected chi connectivity index (χ0v) is 15.0. The van der Waals surface area contributed by atoms with Crippen LogP contribution in [0.25, 0.3) is 0 Å². The first-order valence-electron chi connectivity index (χ1n) is 9.40. The lowest BCUT2D eigenvalue weighted by Gasteiger charge is -2.36. The number of amides is 1. The molecule has 0 saturated carbocycles. The van der Waals surface area contributed by atoms with Crippen molar-refractivity contribution in [2.75, 3.05) is 77.0 Å². The van der Waals surface area contributed by atoms with E-state index in [4.69, 9.17) is 4.74 Å². The Morgan fingerprint density at radius 1 is 0.920 bits per heavy atom. The molecular weight excluding hydrogens is 316 g/mol. The zero-order chi connectivity index (χ0) is 17.3. The molecule has 25 heavy (non-hydrogen) atoms. The van der Waals surface area contributed by atoms with E-state index in [0.29, 0.717) is 6.42 Å². The van der Waals surface area contributed by atoms with Gasteiger partial charge in [0.25, 0.3) is 0 Å². The molecule has 1 N–H and O–H groups in total. The largest absolute Gasteiger partial charge is 0.379 e. The van der Waals surface area contributed by atoms with E-state index in [1.807, 2.05) is 0 Å². The molecule has 6 nitrogen and oxygen atoms in total.